The maximum absolute atomic E-state index is 11.4. The molecule has 3 atom stereocenters. The van der Waals surface area contributed by atoms with Crippen LogP contribution in [-0.4, -0.2) is 62.3 Å². The molecule has 1 aliphatic carbocycles. The van der Waals surface area contributed by atoms with Crippen LogP contribution in [0.25, 0.3) is 0 Å². The molecule has 1 rings (SSSR count). The Balaban J connectivity index is 3.23. The molecule has 22 heavy (non-hydrogen) atoms. The minimum Gasteiger partial charge on any atom is -0.264 e. The van der Waals surface area contributed by atoms with Gasteiger partial charge in [-0.3, -0.25) is 12.5 Å². The number of hydrogen-bond acceptors (Lipinski definition) is 9. The Morgan fingerprint density at radius 2 is 1.32 bits per heavy atom. The summed E-state index contributed by atoms with van der Waals surface area (Å²) in [5.41, 5.74) is 0.579. The molecular weight excluding hydrogens is 360 g/mol. The predicted molar refractivity (Wildman–Crippen MR) is 77.5 cm³/mol. The van der Waals surface area contributed by atoms with Crippen LogP contribution in [0.5, 0.6) is 0 Å². The van der Waals surface area contributed by atoms with E-state index in [1.165, 1.54) is 6.08 Å². The molecule has 9 nitrogen and oxygen atoms in total. The van der Waals surface area contributed by atoms with Crippen molar-refractivity contribution in [2.45, 2.75) is 31.7 Å². The van der Waals surface area contributed by atoms with Crippen molar-refractivity contribution in [3.05, 3.63) is 11.6 Å². The molecule has 0 aromatic carbocycles. The van der Waals surface area contributed by atoms with Crippen LogP contribution < -0.4 is 0 Å². The zero-order valence-electron chi connectivity index (χ0n) is 12.4. The van der Waals surface area contributed by atoms with Gasteiger partial charge in [0.2, 0.25) is 0 Å². The second kappa shape index (κ2) is 6.53. The molecule has 0 aromatic heterocycles. The van der Waals surface area contributed by atoms with E-state index >= 15 is 0 Å². The fraction of sp³-hybridized carbons (Fsp3) is 0.800. The van der Waals surface area contributed by atoms with E-state index in [0.29, 0.717) is 5.57 Å². The summed E-state index contributed by atoms with van der Waals surface area (Å²) in [6.45, 7) is 1.61. The van der Waals surface area contributed by atoms with Crippen molar-refractivity contribution in [2.75, 3.05) is 18.8 Å². The summed E-state index contributed by atoms with van der Waals surface area (Å²) < 4.78 is 82.3. The summed E-state index contributed by atoms with van der Waals surface area (Å²) >= 11 is 0. The molecule has 0 spiro atoms. The molecule has 0 N–H and O–H groups in total. The van der Waals surface area contributed by atoms with Crippen molar-refractivity contribution >= 4 is 30.4 Å². The summed E-state index contributed by atoms with van der Waals surface area (Å²) in [7, 11) is -11.8. The molecule has 0 bridgehead atoms. The Labute approximate surface area is 130 Å². The lowest BCUT2D eigenvalue weighted by molar-refractivity contribution is -0.00141. The third kappa shape index (κ3) is 7.15. The lowest BCUT2D eigenvalue weighted by Gasteiger charge is -2.33. The van der Waals surface area contributed by atoms with Gasteiger partial charge < -0.3 is 0 Å². The van der Waals surface area contributed by atoms with E-state index < -0.39 is 48.7 Å². The van der Waals surface area contributed by atoms with Gasteiger partial charge >= 0.3 is 0 Å². The minimum absolute atomic E-state index is 0.0525. The first kappa shape index (κ1) is 19.5. The van der Waals surface area contributed by atoms with Crippen LogP contribution in [0.1, 0.15) is 13.3 Å². The fourth-order valence-corrected chi connectivity index (χ4v) is 3.84. The van der Waals surface area contributed by atoms with Crippen molar-refractivity contribution in [3.8, 4) is 0 Å². The first-order valence-electron chi connectivity index (χ1n) is 5.98. The van der Waals surface area contributed by atoms with Gasteiger partial charge in [0.25, 0.3) is 30.4 Å². The van der Waals surface area contributed by atoms with Gasteiger partial charge in [-0.25, -0.2) is 0 Å². The molecule has 0 fully saturated rings. The second-order valence-corrected chi connectivity index (χ2v) is 9.89. The van der Waals surface area contributed by atoms with E-state index in [-0.39, 0.29) is 6.42 Å². The van der Waals surface area contributed by atoms with Gasteiger partial charge in [-0.2, -0.15) is 25.3 Å². The molecule has 0 heterocycles. The van der Waals surface area contributed by atoms with Crippen LogP contribution in [0.15, 0.2) is 11.6 Å². The van der Waals surface area contributed by atoms with Crippen molar-refractivity contribution < 1.29 is 37.8 Å². The van der Waals surface area contributed by atoms with Crippen LogP contribution in [0.2, 0.25) is 0 Å². The molecule has 0 radical (unpaired) electrons. The predicted octanol–water partition coefficient (Wildman–Crippen LogP) is -0.629. The van der Waals surface area contributed by atoms with E-state index in [1.807, 2.05) is 0 Å². The maximum Gasteiger partial charge on any atom is 0.265 e. The van der Waals surface area contributed by atoms with Crippen LogP contribution in [0, 0.1) is 0 Å². The topological polar surface area (TPSA) is 130 Å². The average molecular weight is 378 g/mol. The SMILES string of the molecule is CC1=C[C@@H](OS(C)(=O)=O)[C@H](OS(C)(=O)=O)[C@H](OS(C)(=O)=O)C1. The number of rotatable bonds is 6. The van der Waals surface area contributed by atoms with E-state index in [0.717, 1.165) is 18.8 Å². The lowest BCUT2D eigenvalue weighted by Crippen LogP contribution is -2.47. The zero-order valence-corrected chi connectivity index (χ0v) is 14.9. The van der Waals surface area contributed by atoms with Crippen molar-refractivity contribution in [1.29, 1.82) is 0 Å². The maximum atomic E-state index is 11.4. The van der Waals surface area contributed by atoms with Gasteiger partial charge in [0.15, 0.2) is 0 Å². The van der Waals surface area contributed by atoms with Crippen molar-refractivity contribution in [3.63, 3.8) is 0 Å². The van der Waals surface area contributed by atoms with Gasteiger partial charge in [-0.15, -0.1) is 0 Å². The van der Waals surface area contributed by atoms with E-state index in [2.05, 4.69) is 0 Å². The highest BCUT2D eigenvalue weighted by Crippen LogP contribution is 2.28. The third-order valence-corrected chi connectivity index (χ3v) is 4.27. The minimum atomic E-state index is -4.00. The lowest BCUT2D eigenvalue weighted by atomic mass is 9.93. The first-order valence-corrected chi connectivity index (χ1v) is 11.4. The monoisotopic (exact) mass is 378 g/mol. The Morgan fingerprint density at radius 3 is 1.73 bits per heavy atom. The van der Waals surface area contributed by atoms with Crippen LogP contribution in [-0.2, 0) is 42.9 Å². The van der Waals surface area contributed by atoms with Gasteiger partial charge in [0.05, 0.1) is 18.8 Å². The molecule has 0 saturated carbocycles. The molecule has 12 heteroatoms. The van der Waals surface area contributed by atoms with E-state index in [4.69, 9.17) is 12.5 Å². The smallest absolute Gasteiger partial charge is 0.264 e. The van der Waals surface area contributed by atoms with E-state index in [9.17, 15) is 25.3 Å². The fourth-order valence-electron chi connectivity index (χ4n) is 2.00. The third-order valence-electron chi connectivity index (χ3n) is 2.53. The second-order valence-electron chi connectivity index (χ2n) is 5.09. The van der Waals surface area contributed by atoms with E-state index in [1.54, 1.807) is 6.92 Å². The molecule has 0 unspecified atom stereocenters. The van der Waals surface area contributed by atoms with Crippen molar-refractivity contribution in [2.24, 2.45) is 0 Å². The Morgan fingerprint density at radius 1 is 0.864 bits per heavy atom. The van der Waals surface area contributed by atoms with Gasteiger partial charge in [0.1, 0.15) is 18.3 Å². The van der Waals surface area contributed by atoms with Crippen molar-refractivity contribution in [1.82, 2.24) is 0 Å². The Kier molecular flexibility index (Phi) is 5.79. The summed E-state index contributed by atoms with van der Waals surface area (Å²) in [4.78, 5) is 0. The first-order chi connectivity index (χ1) is 9.66. The average Bonchev–Trinajstić information content (AvgIpc) is 2.16. The summed E-state index contributed by atoms with van der Waals surface area (Å²) in [5, 5.41) is 0. The quantitative estimate of drug-likeness (QED) is 0.438. The van der Waals surface area contributed by atoms with Gasteiger partial charge in [-0.05, 0) is 13.3 Å². The summed E-state index contributed by atoms with van der Waals surface area (Å²) in [6, 6.07) is 0. The molecule has 130 valence electrons. The molecule has 0 amide bonds. The molecular formula is C10H18O9S3. The molecule has 0 aromatic rings. The summed E-state index contributed by atoms with van der Waals surface area (Å²) in [5.74, 6) is 0. The highest BCUT2D eigenvalue weighted by atomic mass is 32.2. The largest absolute Gasteiger partial charge is 0.265 e. The summed E-state index contributed by atoms with van der Waals surface area (Å²) in [6.07, 6.45) is -0.225. The highest BCUT2D eigenvalue weighted by molar-refractivity contribution is 7.86. The van der Waals surface area contributed by atoms with Crippen LogP contribution in [0.3, 0.4) is 0 Å². The Hall–Kier alpha value is -0.530. The Bertz CT molecular complexity index is 745. The van der Waals surface area contributed by atoms with Crippen LogP contribution >= 0.6 is 0 Å². The number of hydrogen-bond donors (Lipinski definition) is 0. The van der Waals surface area contributed by atoms with Crippen LogP contribution in [0.4, 0.5) is 0 Å². The van der Waals surface area contributed by atoms with Gasteiger partial charge in [0, 0.05) is 0 Å². The highest BCUT2D eigenvalue weighted by Gasteiger charge is 2.40. The normalized spacial score (nSPS) is 27.5. The molecule has 0 aliphatic heterocycles. The standard InChI is InChI=1S/C10H18O9S3/c1-7-5-8(17-20(2,11)12)10(19-22(4,15)16)9(6-7)18-21(3,13)14/h5,8-10H,6H2,1-4H3/t8-,9-,10+/m1/s1. The van der Waals surface area contributed by atoms with Gasteiger partial charge in [-0.1, -0.05) is 11.6 Å². The molecule has 1 aliphatic rings. The zero-order chi connectivity index (χ0) is 17.3. The molecule has 0 saturated heterocycles.